The minimum absolute atomic E-state index is 0.294. The van der Waals surface area contributed by atoms with E-state index in [4.69, 9.17) is 16.0 Å². The van der Waals surface area contributed by atoms with Gasteiger partial charge in [0.25, 0.3) is 0 Å². The molecule has 1 fully saturated rings. The van der Waals surface area contributed by atoms with Gasteiger partial charge in [0.15, 0.2) is 0 Å². The van der Waals surface area contributed by atoms with Gasteiger partial charge in [-0.25, -0.2) is 4.79 Å². The van der Waals surface area contributed by atoms with E-state index in [2.05, 4.69) is 35.7 Å². The first kappa shape index (κ1) is 22.7. The number of rotatable bonds is 5. The number of hydrogen-bond donors (Lipinski definition) is 2. The van der Waals surface area contributed by atoms with Crippen LogP contribution >= 0.6 is 11.6 Å². The molecule has 2 N–H and O–H groups in total. The zero-order valence-electron chi connectivity index (χ0n) is 19.7. The lowest BCUT2D eigenvalue weighted by molar-refractivity contribution is -0.143. The molecular formula is C31H26ClNO3. The van der Waals surface area contributed by atoms with Crippen molar-refractivity contribution in [3.63, 3.8) is 0 Å². The molecule has 4 nitrogen and oxygen atoms in total. The van der Waals surface area contributed by atoms with E-state index < -0.39 is 11.5 Å². The highest BCUT2D eigenvalue weighted by Crippen LogP contribution is 2.57. The molecule has 1 saturated carbocycles. The van der Waals surface area contributed by atoms with Gasteiger partial charge in [-0.2, -0.15) is 0 Å². The third-order valence-electron chi connectivity index (χ3n) is 7.80. The smallest absolute Gasteiger partial charge is 0.329 e. The number of allylic oxidation sites excluding steroid dienone is 1. The van der Waals surface area contributed by atoms with Crippen LogP contribution in [0.15, 0.2) is 95.4 Å². The van der Waals surface area contributed by atoms with Crippen LogP contribution in [0.3, 0.4) is 0 Å². The molecule has 0 saturated heterocycles. The second-order valence-electron chi connectivity index (χ2n) is 9.78. The summed E-state index contributed by atoms with van der Waals surface area (Å²) in [6.07, 6.45) is 4.56. The van der Waals surface area contributed by atoms with E-state index in [9.17, 15) is 9.90 Å². The second kappa shape index (κ2) is 8.72. The van der Waals surface area contributed by atoms with Crippen molar-refractivity contribution >= 4 is 34.9 Å². The first-order valence-corrected chi connectivity index (χ1v) is 12.6. The van der Waals surface area contributed by atoms with Gasteiger partial charge in [-0.3, -0.25) is 0 Å². The normalized spacial score (nSPS) is 22.8. The van der Waals surface area contributed by atoms with Gasteiger partial charge in [0.05, 0.1) is 0 Å². The molecule has 2 aliphatic rings. The lowest BCUT2D eigenvalue weighted by Crippen LogP contribution is -2.52. The molecule has 4 aromatic rings. The number of furan rings is 1. The Hall–Kier alpha value is -3.76. The maximum absolute atomic E-state index is 12.6. The van der Waals surface area contributed by atoms with Crippen LogP contribution in [0.2, 0.25) is 5.02 Å². The van der Waals surface area contributed by atoms with Crippen LogP contribution < -0.4 is 5.32 Å². The number of aliphatic carboxylic acids is 1. The Morgan fingerprint density at radius 3 is 2.31 bits per heavy atom. The lowest BCUT2D eigenvalue weighted by Gasteiger charge is -2.45. The Morgan fingerprint density at radius 1 is 0.833 bits per heavy atom. The summed E-state index contributed by atoms with van der Waals surface area (Å²) in [7, 11) is 0. The van der Waals surface area contributed by atoms with Crippen LogP contribution in [0.4, 0.5) is 5.69 Å². The predicted molar refractivity (Wildman–Crippen MR) is 144 cm³/mol. The molecule has 1 spiro atoms. The molecule has 1 aromatic heterocycles. The van der Waals surface area contributed by atoms with E-state index in [0.29, 0.717) is 30.7 Å². The number of fused-ring (bicyclic) bond motifs is 2. The monoisotopic (exact) mass is 495 g/mol. The van der Waals surface area contributed by atoms with Crippen LogP contribution in [-0.2, 0) is 10.2 Å². The third-order valence-corrected chi connectivity index (χ3v) is 8.03. The molecule has 0 bridgehead atoms. The van der Waals surface area contributed by atoms with Crippen molar-refractivity contribution in [2.75, 3.05) is 5.32 Å². The molecule has 3 aromatic carbocycles. The number of carbonyl (C=O) groups is 1. The highest BCUT2D eigenvalue weighted by Gasteiger charge is 2.52. The number of halogens is 1. The molecule has 0 radical (unpaired) electrons. The highest BCUT2D eigenvalue weighted by atomic mass is 35.5. The fourth-order valence-electron chi connectivity index (χ4n) is 5.92. The van der Waals surface area contributed by atoms with E-state index in [1.165, 1.54) is 11.1 Å². The fourth-order valence-corrected chi connectivity index (χ4v) is 6.11. The minimum Gasteiger partial charge on any atom is -0.480 e. The van der Waals surface area contributed by atoms with Crippen molar-refractivity contribution in [2.45, 2.75) is 36.6 Å². The zero-order valence-corrected chi connectivity index (χ0v) is 20.5. The second-order valence-corrected chi connectivity index (χ2v) is 10.2. The minimum atomic E-state index is -1.06. The molecule has 36 heavy (non-hydrogen) atoms. The van der Waals surface area contributed by atoms with E-state index >= 15 is 0 Å². The lowest BCUT2D eigenvalue weighted by atomic mass is 9.62. The Bertz CT molecular complexity index is 1460. The van der Waals surface area contributed by atoms with Crippen molar-refractivity contribution in [3.8, 4) is 11.3 Å². The quantitative estimate of drug-likeness (QED) is 0.295. The van der Waals surface area contributed by atoms with Gasteiger partial charge < -0.3 is 14.8 Å². The molecule has 0 amide bonds. The molecule has 1 heterocycles. The highest BCUT2D eigenvalue weighted by molar-refractivity contribution is 6.30. The first-order valence-electron chi connectivity index (χ1n) is 12.2. The topological polar surface area (TPSA) is 62.5 Å². The third kappa shape index (κ3) is 3.73. The molecule has 180 valence electrons. The van der Waals surface area contributed by atoms with Gasteiger partial charge in [-0.15, -0.1) is 0 Å². The Labute approximate surface area is 215 Å². The fraction of sp³-hybridized carbons (Fsp3) is 0.194. The van der Waals surface area contributed by atoms with E-state index in [1.54, 1.807) is 12.1 Å². The van der Waals surface area contributed by atoms with Crippen molar-refractivity contribution < 1.29 is 14.3 Å². The largest absolute Gasteiger partial charge is 0.480 e. The summed E-state index contributed by atoms with van der Waals surface area (Å²) >= 11 is 6.17. The van der Waals surface area contributed by atoms with Crippen molar-refractivity contribution in [2.24, 2.45) is 0 Å². The summed E-state index contributed by atoms with van der Waals surface area (Å²) in [5.41, 5.74) is 3.96. The van der Waals surface area contributed by atoms with Gasteiger partial charge >= 0.3 is 5.97 Å². The number of hydrogen-bond acceptors (Lipinski definition) is 3. The number of anilines is 1. The molecule has 5 heteroatoms. The maximum Gasteiger partial charge on any atom is 0.329 e. The van der Waals surface area contributed by atoms with Gasteiger partial charge in [0, 0.05) is 27.3 Å². The average molecular weight is 496 g/mol. The van der Waals surface area contributed by atoms with Crippen LogP contribution in [0.25, 0.3) is 23.0 Å². The predicted octanol–water partition coefficient (Wildman–Crippen LogP) is 7.90. The number of benzene rings is 3. The van der Waals surface area contributed by atoms with Crippen molar-refractivity contribution in [1.82, 2.24) is 0 Å². The van der Waals surface area contributed by atoms with Crippen LogP contribution in [0.1, 0.15) is 42.6 Å². The van der Waals surface area contributed by atoms with Gasteiger partial charge in [-0.1, -0.05) is 72.3 Å². The summed E-state index contributed by atoms with van der Waals surface area (Å²) in [5, 5.41) is 14.2. The molecule has 0 aliphatic heterocycles. The van der Waals surface area contributed by atoms with Crippen LogP contribution in [0.5, 0.6) is 0 Å². The Kier molecular flexibility index (Phi) is 5.50. The van der Waals surface area contributed by atoms with E-state index in [-0.39, 0.29) is 5.41 Å². The summed E-state index contributed by atoms with van der Waals surface area (Å²) in [4.78, 5) is 12.6. The first-order chi connectivity index (χ1) is 17.5. The van der Waals surface area contributed by atoms with Crippen LogP contribution in [-0.4, -0.2) is 16.6 Å². The van der Waals surface area contributed by atoms with Gasteiger partial charge in [0.1, 0.15) is 17.1 Å². The molecule has 6 rings (SSSR count). The number of carboxylic acids is 1. The Morgan fingerprint density at radius 2 is 1.56 bits per heavy atom. The summed E-state index contributed by atoms with van der Waals surface area (Å²) in [5.74, 6) is 0.838. The van der Waals surface area contributed by atoms with Gasteiger partial charge in [0.2, 0.25) is 0 Å². The molecule has 0 unspecified atom stereocenters. The van der Waals surface area contributed by atoms with E-state index in [1.807, 2.05) is 54.6 Å². The van der Waals surface area contributed by atoms with E-state index in [0.717, 1.165) is 28.3 Å². The average Bonchev–Trinajstić information content (AvgIpc) is 3.50. The molecule has 0 atom stereocenters. The molecular weight excluding hydrogens is 470 g/mol. The van der Waals surface area contributed by atoms with Crippen LogP contribution in [0, 0.1) is 0 Å². The Balaban J connectivity index is 1.36. The zero-order chi connectivity index (χ0) is 24.8. The number of nitrogens with one attached hydrogen (secondary N) is 1. The van der Waals surface area contributed by atoms with Crippen molar-refractivity contribution in [1.29, 1.82) is 0 Å². The van der Waals surface area contributed by atoms with Crippen molar-refractivity contribution in [3.05, 3.63) is 113 Å². The van der Waals surface area contributed by atoms with Gasteiger partial charge in [-0.05, 0) is 73.2 Å². The maximum atomic E-state index is 12.6. The molecule has 2 aliphatic carbocycles. The SMILES string of the molecule is O=C(O)C1(Nc2cccc(Cl)c2)CCC2(CC1)C(c1ccc(-c3ccccc3)o1)=Cc1ccccc12. The number of carboxylic acid groups (broad SMARTS) is 1. The standard InChI is InChI=1S/C31H26ClNO3/c32-23-10-6-11-24(20-23)33-31(29(34)35)17-15-30(16-18-31)25-12-5-4-9-22(25)19-26(30)28-14-13-27(36-28)21-7-2-1-3-8-21/h1-14,19-20,33H,15-18H2,(H,34,35). The summed E-state index contributed by atoms with van der Waals surface area (Å²) in [6.45, 7) is 0. The summed E-state index contributed by atoms with van der Waals surface area (Å²) in [6, 6.07) is 29.8. The summed E-state index contributed by atoms with van der Waals surface area (Å²) < 4.78 is 6.41.